The van der Waals surface area contributed by atoms with E-state index in [0.29, 0.717) is 39.6 Å². The van der Waals surface area contributed by atoms with Crippen molar-refractivity contribution in [2.75, 3.05) is 6.79 Å². The number of halogens is 1. The van der Waals surface area contributed by atoms with Gasteiger partial charge in [0.05, 0.1) is 17.8 Å². The molecule has 0 bridgehead atoms. The van der Waals surface area contributed by atoms with Crippen LogP contribution in [-0.2, 0) is 14.1 Å². The first-order chi connectivity index (χ1) is 17.7. The number of rotatable bonds is 8. The van der Waals surface area contributed by atoms with Crippen molar-refractivity contribution in [1.29, 1.82) is 0 Å². The number of nitrogens with zero attached hydrogens (tertiary/aromatic N) is 1. The minimum absolute atomic E-state index is 0.106. The summed E-state index contributed by atoms with van der Waals surface area (Å²) in [6.07, 6.45) is 4.51. The molecule has 0 aliphatic carbocycles. The zero-order chi connectivity index (χ0) is 26.7. The number of carbonyl (C=O) groups excluding carboxylic acids is 1. The highest BCUT2D eigenvalue weighted by Gasteiger charge is 2.44. The van der Waals surface area contributed by atoms with Crippen LogP contribution in [0.5, 0.6) is 11.5 Å². The highest BCUT2D eigenvalue weighted by Crippen LogP contribution is 2.49. The molecule has 0 saturated carbocycles. The number of ether oxygens (including phenoxy) is 3. The normalized spacial score (nSPS) is 14.1. The lowest BCUT2D eigenvalue weighted by atomic mass is 9.88. The molecule has 0 radical (unpaired) electrons. The third-order valence-electron chi connectivity index (χ3n) is 5.91. The molecule has 1 aliphatic heterocycles. The largest absolute Gasteiger partial charge is 0.516 e. The molecule has 10 heteroatoms. The van der Waals surface area contributed by atoms with Gasteiger partial charge < -0.3 is 19.3 Å². The molecule has 4 rings (SSSR count). The summed E-state index contributed by atoms with van der Waals surface area (Å²) in [7, 11) is -3.05. The second-order valence-corrected chi connectivity index (χ2v) is 9.86. The van der Waals surface area contributed by atoms with Crippen molar-refractivity contribution in [2.24, 2.45) is 0 Å². The minimum atomic E-state index is -3.05. The molecule has 1 aromatic heterocycles. The highest BCUT2D eigenvalue weighted by molar-refractivity contribution is 7.38. The third kappa shape index (κ3) is 5.62. The molecular formula is C27H24FNO7P+. The van der Waals surface area contributed by atoms with Crippen molar-refractivity contribution in [3.05, 3.63) is 65.6 Å². The lowest BCUT2D eigenvalue weighted by molar-refractivity contribution is -0.139. The van der Waals surface area contributed by atoms with E-state index in [1.54, 1.807) is 24.3 Å². The third-order valence-corrected chi connectivity index (χ3v) is 6.98. The molecule has 8 nitrogen and oxygen atoms in total. The molecule has 3 unspecified atom stereocenters. The van der Waals surface area contributed by atoms with E-state index in [4.69, 9.17) is 20.9 Å². The second-order valence-electron chi connectivity index (χ2n) is 8.69. The number of aromatic nitrogens is 1. The monoisotopic (exact) mass is 524 g/mol. The number of aliphatic hydroxyl groups is 1. The van der Waals surface area contributed by atoms with E-state index in [1.165, 1.54) is 24.3 Å². The molecule has 0 spiro atoms. The average molecular weight is 524 g/mol. The molecule has 190 valence electrons. The Morgan fingerprint density at radius 2 is 1.84 bits per heavy atom. The van der Waals surface area contributed by atoms with Gasteiger partial charge in [-0.05, 0) is 58.0 Å². The molecule has 2 heterocycles. The second kappa shape index (κ2) is 11.1. The van der Waals surface area contributed by atoms with Gasteiger partial charge >= 0.3 is 14.0 Å². The molecular weight excluding hydrogens is 500 g/mol. The first-order valence-corrected chi connectivity index (χ1v) is 12.7. The standard InChI is InChI=1S/C27H23FNO7P/c1-4-34-24(31)13-21(30)27(37(32)33)25-19(16-5-8-18(28)9-6-16)12-20(29-26(25)15(2)3)17-7-10-22-23(11-17)36-14-35-22/h1,5-12,15,21,27,30H,13-14H2,2-3H3/p+1. The fourth-order valence-corrected chi connectivity index (χ4v) is 5.13. The first kappa shape index (κ1) is 26.2. The van der Waals surface area contributed by atoms with Crippen LogP contribution in [0.4, 0.5) is 4.39 Å². The van der Waals surface area contributed by atoms with Gasteiger partial charge in [0.1, 0.15) is 18.0 Å². The molecule has 3 atom stereocenters. The smallest absolute Gasteiger partial charge is 0.454 e. The van der Waals surface area contributed by atoms with Gasteiger partial charge in [-0.3, -0.25) is 9.78 Å². The number of hydrogen-bond acceptors (Lipinski definition) is 7. The van der Waals surface area contributed by atoms with Crippen LogP contribution in [-0.4, -0.2) is 33.9 Å². The van der Waals surface area contributed by atoms with E-state index < -0.39 is 38.0 Å². The predicted molar refractivity (Wildman–Crippen MR) is 133 cm³/mol. The number of carbonyl (C=O) groups is 1. The van der Waals surface area contributed by atoms with Gasteiger partial charge in [-0.2, -0.15) is 4.89 Å². The van der Waals surface area contributed by atoms with Crippen LogP contribution in [0.25, 0.3) is 22.4 Å². The zero-order valence-corrected chi connectivity index (χ0v) is 20.9. The topological polar surface area (TPSA) is 115 Å². The summed E-state index contributed by atoms with van der Waals surface area (Å²) in [6, 6.07) is 12.6. The van der Waals surface area contributed by atoms with E-state index in [-0.39, 0.29) is 18.3 Å². The van der Waals surface area contributed by atoms with Crippen LogP contribution in [0.15, 0.2) is 48.5 Å². The maximum atomic E-state index is 13.8. The van der Waals surface area contributed by atoms with Gasteiger partial charge in [-0.1, -0.05) is 32.4 Å². The van der Waals surface area contributed by atoms with Crippen molar-refractivity contribution in [2.45, 2.75) is 37.9 Å². The molecule has 0 saturated heterocycles. The Kier molecular flexibility index (Phi) is 7.84. The van der Waals surface area contributed by atoms with E-state index in [2.05, 4.69) is 4.74 Å². The number of fused-ring (bicyclic) bond motifs is 1. The van der Waals surface area contributed by atoms with Crippen LogP contribution < -0.4 is 9.47 Å². The summed E-state index contributed by atoms with van der Waals surface area (Å²) in [4.78, 5) is 27.1. The summed E-state index contributed by atoms with van der Waals surface area (Å²) in [6.45, 7) is 3.81. The number of benzene rings is 2. The molecule has 3 aromatic rings. The summed E-state index contributed by atoms with van der Waals surface area (Å²) in [5.74, 6) is -0.484. The van der Waals surface area contributed by atoms with Crippen molar-refractivity contribution in [3.8, 4) is 46.4 Å². The number of pyridine rings is 1. The number of terminal acetylenes is 1. The van der Waals surface area contributed by atoms with Gasteiger partial charge in [0, 0.05) is 11.1 Å². The SMILES string of the molecule is C#COC(=O)CC(O)C(c1c(-c2ccc(F)cc2)cc(-c2ccc3c(c2)OCO3)nc1C(C)C)[P+](=O)O. The fourth-order valence-electron chi connectivity index (χ4n) is 4.24. The Labute approximate surface area is 213 Å². The van der Waals surface area contributed by atoms with Crippen molar-refractivity contribution < 1.29 is 38.0 Å². The average Bonchev–Trinajstić information content (AvgIpc) is 3.32. The maximum absolute atomic E-state index is 13.8. The summed E-state index contributed by atoms with van der Waals surface area (Å²) in [5, 5.41) is 10.9. The van der Waals surface area contributed by atoms with E-state index in [0.717, 1.165) is 0 Å². The van der Waals surface area contributed by atoms with E-state index in [9.17, 15) is 23.7 Å². The summed E-state index contributed by atoms with van der Waals surface area (Å²) in [5.41, 5.74) is 1.51. The highest BCUT2D eigenvalue weighted by atomic mass is 31.1. The van der Waals surface area contributed by atoms with Crippen LogP contribution in [0.2, 0.25) is 0 Å². The molecule has 2 aromatic carbocycles. The van der Waals surface area contributed by atoms with Crippen LogP contribution >= 0.6 is 8.03 Å². The number of esters is 1. The van der Waals surface area contributed by atoms with Gasteiger partial charge in [-0.25, -0.2) is 4.39 Å². The van der Waals surface area contributed by atoms with Crippen LogP contribution in [0, 0.1) is 18.3 Å². The van der Waals surface area contributed by atoms with Crippen LogP contribution in [0.1, 0.15) is 43.1 Å². The van der Waals surface area contributed by atoms with Crippen molar-refractivity contribution >= 4 is 14.0 Å². The molecule has 1 aliphatic rings. The number of hydrogen-bond donors (Lipinski definition) is 2. The Balaban J connectivity index is 1.95. The Bertz CT molecular complexity index is 1380. The quantitative estimate of drug-likeness (QED) is 0.239. The maximum Gasteiger partial charge on any atom is 0.516 e. The van der Waals surface area contributed by atoms with Gasteiger partial charge in [0.25, 0.3) is 0 Å². The Morgan fingerprint density at radius 1 is 1.16 bits per heavy atom. The van der Waals surface area contributed by atoms with E-state index >= 15 is 0 Å². The summed E-state index contributed by atoms with van der Waals surface area (Å²) < 4.78 is 41.8. The fraction of sp³-hybridized carbons (Fsp3) is 0.259. The van der Waals surface area contributed by atoms with E-state index in [1.807, 2.05) is 19.9 Å². The van der Waals surface area contributed by atoms with Crippen molar-refractivity contribution in [1.82, 2.24) is 4.98 Å². The molecule has 2 N–H and O–H groups in total. The minimum Gasteiger partial charge on any atom is -0.454 e. The zero-order valence-electron chi connectivity index (χ0n) is 20.1. The Morgan fingerprint density at radius 3 is 2.49 bits per heavy atom. The van der Waals surface area contributed by atoms with Gasteiger partial charge in [0.2, 0.25) is 12.5 Å². The van der Waals surface area contributed by atoms with Crippen molar-refractivity contribution in [3.63, 3.8) is 0 Å². The molecule has 0 amide bonds. The lowest BCUT2D eigenvalue weighted by Gasteiger charge is -2.22. The van der Waals surface area contributed by atoms with Crippen LogP contribution in [0.3, 0.4) is 0 Å². The molecule has 0 fully saturated rings. The lowest BCUT2D eigenvalue weighted by Crippen LogP contribution is -2.23. The van der Waals surface area contributed by atoms with Gasteiger partial charge in [-0.15, -0.1) is 0 Å². The summed E-state index contributed by atoms with van der Waals surface area (Å²) >= 11 is 0. The number of aliphatic hydroxyl groups excluding tert-OH is 1. The molecule has 37 heavy (non-hydrogen) atoms. The first-order valence-electron chi connectivity index (χ1n) is 11.4. The predicted octanol–water partition coefficient (Wildman–Crippen LogP) is 5.07. The van der Waals surface area contributed by atoms with Gasteiger partial charge in [0.15, 0.2) is 11.5 Å². The Hall–Kier alpha value is -3.83.